The van der Waals surface area contributed by atoms with Gasteiger partial charge in [-0.2, -0.15) is 0 Å². The third-order valence-electron chi connectivity index (χ3n) is 8.57. The van der Waals surface area contributed by atoms with Crippen LogP contribution in [0.5, 0.6) is 0 Å². The lowest BCUT2D eigenvalue weighted by molar-refractivity contribution is -0.151. The molecule has 4 rings (SSSR count). The first kappa shape index (κ1) is 33.5. The standard InChI is InChI=1S/C36H45N3O6/c1-24(36(7)18-13-19-36)22-45-33(43)37-28(20-26-21-39(34(2,3)4)29-17-12-11-16-27(26)29)31(41)38-35(5,6)32(42)44-23-30(40)25-14-9-8-10-15-25/h8-18,21,24,28H,19-20,22-23H2,1-7H3,(H,37,43)(H,38,41)/t24?,28-,36-/m1/s1. The lowest BCUT2D eigenvalue weighted by Gasteiger charge is -2.37. The maximum Gasteiger partial charge on any atom is 0.407 e. The SMILES string of the molecule is CC(COC(=O)N[C@H](Cc1cn(C(C)(C)C)c2ccccc12)C(=O)NC(C)(C)C(=O)OCC(=O)c1ccccc1)[C@]1(C)C=CC1. The normalized spacial score (nSPS) is 17.6. The van der Waals surface area contributed by atoms with Crippen LogP contribution in [0.25, 0.3) is 10.9 Å². The van der Waals surface area contributed by atoms with Gasteiger partial charge < -0.3 is 24.7 Å². The van der Waals surface area contributed by atoms with Gasteiger partial charge >= 0.3 is 12.1 Å². The van der Waals surface area contributed by atoms with E-state index < -0.39 is 36.2 Å². The number of amides is 2. The molecule has 45 heavy (non-hydrogen) atoms. The molecule has 2 aromatic carbocycles. The van der Waals surface area contributed by atoms with Gasteiger partial charge in [-0.1, -0.05) is 74.5 Å². The van der Waals surface area contributed by atoms with Crippen LogP contribution in [-0.2, 0) is 31.0 Å². The van der Waals surface area contributed by atoms with Crippen LogP contribution in [-0.4, -0.2) is 53.1 Å². The number of para-hydroxylation sites is 1. The molecule has 0 bridgehead atoms. The van der Waals surface area contributed by atoms with Gasteiger partial charge in [-0.05, 0) is 64.0 Å². The summed E-state index contributed by atoms with van der Waals surface area (Å²) in [5.41, 5.74) is 0.531. The second-order valence-electron chi connectivity index (χ2n) is 13.7. The second kappa shape index (κ2) is 13.3. The van der Waals surface area contributed by atoms with Gasteiger partial charge in [0, 0.05) is 34.6 Å². The highest BCUT2D eigenvalue weighted by molar-refractivity contribution is 5.99. The first-order chi connectivity index (χ1) is 21.1. The molecule has 9 heteroatoms. The van der Waals surface area contributed by atoms with E-state index >= 15 is 0 Å². The van der Waals surface area contributed by atoms with Crippen LogP contribution in [0.3, 0.4) is 0 Å². The third-order valence-corrected chi connectivity index (χ3v) is 8.57. The molecule has 1 unspecified atom stereocenters. The summed E-state index contributed by atoms with van der Waals surface area (Å²) in [5.74, 6) is -1.62. The van der Waals surface area contributed by atoms with Crippen molar-refractivity contribution in [3.63, 3.8) is 0 Å². The van der Waals surface area contributed by atoms with E-state index in [1.807, 2.05) is 37.4 Å². The van der Waals surface area contributed by atoms with E-state index in [2.05, 4.69) is 55.0 Å². The molecular weight excluding hydrogens is 570 g/mol. The zero-order chi connectivity index (χ0) is 33.0. The van der Waals surface area contributed by atoms with Gasteiger partial charge in [0.05, 0.1) is 6.61 Å². The Morgan fingerprint density at radius 2 is 1.60 bits per heavy atom. The number of carbonyl (C=O) groups is 4. The number of ketones is 1. The van der Waals surface area contributed by atoms with E-state index in [-0.39, 0.29) is 35.7 Å². The highest BCUT2D eigenvalue weighted by atomic mass is 16.5. The quantitative estimate of drug-likeness (QED) is 0.148. The summed E-state index contributed by atoms with van der Waals surface area (Å²) < 4.78 is 13.0. The molecule has 0 radical (unpaired) electrons. The average molecular weight is 616 g/mol. The van der Waals surface area contributed by atoms with Crippen LogP contribution in [0.2, 0.25) is 0 Å². The van der Waals surface area contributed by atoms with E-state index in [1.165, 1.54) is 13.8 Å². The van der Waals surface area contributed by atoms with Gasteiger partial charge in [-0.15, -0.1) is 0 Å². The Morgan fingerprint density at radius 1 is 0.956 bits per heavy atom. The van der Waals surface area contributed by atoms with E-state index in [4.69, 9.17) is 9.47 Å². The smallest absolute Gasteiger partial charge is 0.407 e. The van der Waals surface area contributed by atoms with Crippen LogP contribution >= 0.6 is 0 Å². The summed E-state index contributed by atoms with van der Waals surface area (Å²) in [7, 11) is 0. The summed E-state index contributed by atoms with van der Waals surface area (Å²) in [6.45, 7) is 13.2. The van der Waals surface area contributed by atoms with Gasteiger partial charge in [0.25, 0.3) is 0 Å². The maximum absolute atomic E-state index is 13.8. The van der Waals surface area contributed by atoms with Crippen molar-refractivity contribution in [1.82, 2.24) is 15.2 Å². The minimum absolute atomic E-state index is 0.0296. The van der Waals surface area contributed by atoms with Crippen molar-refractivity contribution in [2.45, 2.75) is 78.4 Å². The van der Waals surface area contributed by atoms with Gasteiger partial charge in [0.15, 0.2) is 12.4 Å². The predicted molar refractivity (Wildman–Crippen MR) is 174 cm³/mol. The summed E-state index contributed by atoms with van der Waals surface area (Å²) >= 11 is 0. The van der Waals surface area contributed by atoms with Gasteiger partial charge in [-0.25, -0.2) is 9.59 Å². The maximum atomic E-state index is 13.8. The lowest BCUT2D eigenvalue weighted by atomic mass is 9.69. The van der Waals surface area contributed by atoms with Crippen molar-refractivity contribution < 1.29 is 28.7 Å². The minimum Gasteiger partial charge on any atom is -0.456 e. The van der Waals surface area contributed by atoms with E-state index in [0.29, 0.717) is 5.56 Å². The number of aromatic nitrogens is 1. The Kier molecular flexibility index (Phi) is 9.90. The molecule has 1 aliphatic rings. The first-order valence-corrected chi connectivity index (χ1v) is 15.4. The molecule has 0 spiro atoms. The number of fused-ring (bicyclic) bond motifs is 1. The topological polar surface area (TPSA) is 116 Å². The summed E-state index contributed by atoms with van der Waals surface area (Å²) in [6, 6.07) is 15.3. The van der Waals surface area contributed by atoms with E-state index in [9.17, 15) is 19.2 Å². The van der Waals surface area contributed by atoms with Crippen molar-refractivity contribution >= 4 is 34.7 Å². The molecular formula is C36H45N3O6. The number of alkyl carbamates (subject to hydrolysis) is 1. The summed E-state index contributed by atoms with van der Waals surface area (Å²) in [5, 5.41) is 6.43. The molecule has 1 aliphatic carbocycles. The number of hydrogen-bond donors (Lipinski definition) is 2. The van der Waals surface area contributed by atoms with E-state index in [0.717, 1.165) is 22.9 Å². The summed E-state index contributed by atoms with van der Waals surface area (Å²) in [6.07, 6.45) is 6.56. The Hall–Kier alpha value is -4.40. The summed E-state index contributed by atoms with van der Waals surface area (Å²) in [4.78, 5) is 52.3. The molecule has 0 fully saturated rings. The number of ether oxygens (including phenoxy) is 2. The largest absolute Gasteiger partial charge is 0.456 e. The number of nitrogens with zero attached hydrogens (tertiary/aromatic N) is 1. The van der Waals surface area contributed by atoms with Crippen molar-refractivity contribution in [2.75, 3.05) is 13.2 Å². The lowest BCUT2D eigenvalue weighted by Crippen LogP contribution is -2.57. The van der Waals surface area contributed by atoms with Crippen molar-refractivity contribution in [1.29, 1.82) is 0 Å². The number of Topliss-reactive ketones (excluding diaryl/α,β-unsaturated/α-hetero) is 1. The minimum atomic E-state index is -1.49. The molecule has 1 aromatic heterocycles. The second-order valence-corrected chi connectivity index (χ2v) is 13.7. The Morgan fingerprint density at radius 3 is 2.22 bits per heavy atom. The highest BCUT2D eigenvalue weighted by Crippen LogP contribution is 2.40. The third kappa shape index (κ3) is 8.01. The number of nitrogens with one attached hydrogen (secondary N) is 2. The molecule has 240 valence electrons. The Balaban J connectivity index is 1.51. The zero-order valence-electron chi connectivity index (χ0n) is 27.3. The molecule has 2 amide bonds. The first-order valence-electron chi connectivity index (χ1n) is 15.4. The highest BCUT2D eigenvalue weighted by Gasteiger charge is 2.36. The van der Waals surface area contributed by atoms with E-state index in [1.54, 1.807) is 30.3 Å². The van der Waals surface area contributed by atoms with Crippen molar-refractivity contribution in [2.24, 2.45) is 11.3 Å². The van der Waals surface area contributed by atoms with Crippen LogP contribution in [0.4, 0.5) is 4.79 Å². The molecule has 9 nitrogen and oxygen atoms in total. The number of hydrogen-bond acceptors (Lipinski definition) is 6. The fourth-order valence-electron chi connectivity index (χ4n) is 5.29. The fourth-order valence-corrected chi connectivity index (χ4v) is 5.29. The van der Waals surface area contributed by atoms with Crippen LogP contribution in [0, 0.1) is 11.3 Å². The number of allylic oxidation sites excluding steroid dienone is 2. The van der Waals surface area contributed by atoms with Crippen LogP contribution < -0.4 is 10.6 Å². The number of esters is 1. The monoisotopic (exact) mass is 615 g/mol. The fraction of sp³-hybridized carbons (Fsp3) is 0.444. The molecule has 0 saturated heterocycles. The molecule has 3 atom stereocenters. The Labute approximate surface area is 265 Å². The van der Waals surface area contributed by atoms with Crippen molar-refractivity contribution in [3.8, 4) is 0 Å². The molecule has 1 heterocycles. The average Bonchev–Trinajstić information content (AvgIpc) is 3.36. The molecule has 3 aromatic rings. The number of rotatable bonds is 12. The Bertz CT molecular complexity index is 1580. The number of benzene rings is 2. The van der Waals surface area contributed by atoms with Crippen LogP contribution in [0.15, 0.2) is 72.9 Å². The molecule has 0 saturated carbocycles. The van der Waals surface area contributed by atoms with Crippen molar-refractivity contribution in [3.05, 3.63) is 84.1 Å². The number of carbonyl (C=O) groups excluding carboxylic acids is 4. The van der Waals surface area contributed by atoms with Gasteiger partial charge in [0.2, 0.25) is 5.91 Å². The van der Waals surface area contributed by atoms with Crippen LogP contribution in [0.1, 0.15) is 70.8 Å². The molecule has 2 N–H and O–H groups in total. The molecule has 0 aliphatic heterocycles. The zero-order valence-corrected chi connectivity index (χ0v) is 27.3. The predicted octanol–water partition coefficient (Wildman–Crippen LogP) is 5.96. The van der Waals surface area contributed by atoms with Gasteiger partial charge in [0.1, 0.15) is 11.6 Å². The van der Waals surface area contributed by atoms with Gasteiger partial charge in [-0.3, -0.25) is 9.59 Å².